The summed E-state index contributed by atoms with van der Waals surface area (Å²) in [7, 11) is -3.57. The lowest BCUT2D eigenvalue weighted by Crippen LogP contribution is -2.40. The summed E-state index contributed by atoms with van der Waals surface area (Å²) < 4.78 is 27.0. The van der Waals surface area contributed by atoms with Crippen molar-refractivity contribution in [3.8, 4) is 0 Å². The maximum atomic E-state index is 12.8. The molecule has 0 aliphatic carbocycles. The predicted molar refractivity (Wildman–Crippen MR) is 102 cm³/mol. The zero-order valence-electron chi connectivity index (χ0n) is 15.7. The summed E-state index contributed by atoms with van der Waals surface area (Å²) in [6.45, 7) is 2.98. The number of amides is 1. The molecule has 1 amide bonds. The smallest absolute Gasteiger partial charge is 0.326 e. The largest absolute Gasteiger partial charge is 0.480 e. The van der Waals surface area contributed by atoms with Gasteiger partial charge < -0.3 is 10.4 Å². The van der Waals surface area contributed by atoms with Crippen LogP contribution < -0.4 is 5.32 Å². The SMILES string of the molecule is CCCCC(NC(=O)c1ccc(S(=O)(=O)N2CCCCCC2)cc1)C(=O)O. The number of nitrogens with zero attached hydrogens (tertiary/aromatic N) is 1. The molecule has 1 fully saturated rings. The second-order valence-corrected chi connectivity index (χ2v) is 8.79. The molecule has 1 saturated heterocycles. The third-order valence-electron chi connectivity index (χ3n) is 4.77. The molecular formula is C19H28N2O5S. The number of carboxylic acid groups (broad SMARTS) is 1. The Morgan fingerprint density at radius 2 is 1.70 bits per heavy atom. The fourth-order valence-electron chi connectivity index (χ4n) is 3.12. The molecule has 1 heterocycles. The molecule has 150 valence electrons. The first-order valence-electron chi connectivity index (χ1n) is 9.50. The first-order valence-corrected chi connectivity index (χ1v) is 10.9. The normalized spacial score (nSPS) is 17.1. The Hall–Kier alpha value is -1.93. The summed E-state index contributed by atoms with van der Waals surface area (Å²) in [5, 5.41) is 11.7. The number of carboxylic acids is 1. The minimum atomic E-state index is -3.57. The van der Waals surface area contributed by atoms with Crippen molar-refractivity contribution in [2.75, 3.05) is 13.1 Å². The van der Waals surface area contributed by atoms with E-state index in [0.29, 0.717) is 25.9 Å². The first-order chi connectivity index (χ1) is 12.9. The highest BCUT2D eigenvalue weighted by Crippen LogP contribution is 2.20. The Kier molecular flexibility index (Phi) is 7.79. The van der Waals surface area contributed by atoms with Crippen molar-refractivity contribution in [3.63, 3.8) is 0 Å². The number of nitrogens with one attached hydrogen (secondary N) is 1. The van der Waals surface area contributed by atoms with Crippen LogP contribution in [0.5, 0.6) is 0 Å². The molecule has 7 nitrogen and oxygen atoms in total. The molecule has 0 aromatic heterocycles. The van der Waals surface area contributed by atoms with Crippen LogP contribution in [0.25, 0.3) is 0 Å². The lowest BCUT2D eigenvalue weighted by atomic mass is 10.1. The molecule has 1 aliphatic rings. The number of unbranched alkanes of at least 4 members (excludes halogenated alkanes) is 1. The van der Waals surface area contributed by atoms with Crippen LogP contribution in [0.4, 0.5) is 0 Å². The van der Waals surface area contributed by atoms with Crippen molar-refractivity contribution in [1.82, 2.24) is 9.62 Å². The van der Waals surface area contributed by atoms with Gasteiger partial charge >= 0.3 is 5.97 Å². The molecule has 1 atom stereocenters. The molecular weight excluding hydrogens is 368 g/mol. The molecule has 8 heteroatoms. The van der Waals surface area contributed by atoms with Crippen molar-refractivity contribution in [2.24, 2.45) is 0 Å². The van der Waals surface area contributed by atoms with Gasteiger partial charge in [0.05, 0.1) is 4.90 Å². The average molecular weight is 397 g/mol. The lowest BCUT2D eigenvalue weighted by Gasteiger charge is -2.20. The molecule has 2 rings (SSSR count). The van der Waals surface area contributed by atoms with Gasteiger partial charge in [0.15, 0.2) is 0 Å². The number of sulfonamides is 1. The number of carbonyl (C=O) groups is 2. The van der Waals surface area contributed by atoms with Crippen LogP contribution in [-0.4, -0.2) is 48.8 Å². The van der Waals surface area contributed by atoms with Gasteiger partial charge in [-0.15, -0.1) is 0 Å². The molecule has 0 radical (unpaired) electrons. The maximum absolute atomic E-state index is 12.8. The number of hydrogen-bond donors (Lipinski definition) is 2. The molecule has 0 bridgehead atoms. The van der Waals surface area contributed by atoms with E-state index < -0.39 is 27.9 Å². The standard InChI is InChI=1S/C19H28N2O5S/c1-2-3-8-17(19(23)24)20-18(22)15-9-11-16(12-10-15)27(25,26)21-13-6-4-5-7-14-21/h9-12,17H,2-8,13-14H2,1H3,(H,20,22)(H,23,24). The summed E-state index contributed by atoms with van der Waals surface area (Å²) in [5.74, 6) is -1.59. The van der Waals surface area contributed by atoms with Crippen molar-refractivity contribution in [3.05, 3.63) is 29.8 Å². The van der Waals surface area contributed by atoms with E-state index in [1.807, 2.05) is 6.92 Å². The summed E-state index contributed by atoms with van der Waals surface area (Å²) in [6.07, 6.45) is 5.68. The highest BCUT2D eigenvalue weighted by molar-refractivity contribution is 7.89. The molecule has 1 aliphatic heterocycles. The van der Waals surface area contributed by atoms with Crippen molar-refractivity contribution >= 4 is 21.9 Å². The lowest BCUT2D eigenvalue weighted by molar-refractivity contribution is -0.139. The van der Waals surface area contributed by atoms with Gasteiger partial charge in [-0.2, -0.15) is 4.31 Å². The van der Waals surface area contributed by atoms with Crippen LogP contribution >= 0.6 is 0 Å². The maximum Gasteiger partial charge on any atom is 0.326 e. The van der Waals surface area contributed by atoms with Gasteiger partial charge in [0.2, 0.25) is 10.0 Å². The Morgan fingerprint density at radius 3 is 2.22 bits per heavy atom. The number of benzene rings is 1. The molecule has 0 spiro atoms. The van der Waals surface area contributed by atoms with E-state index in [1.54, 1.807) is 0 Å². The summed E-state index contributed by atoms with van der Waals surface area (Å²) in [6, 6.07) is 4.74. The highest BCUT2D eigenvalue weighted by atomic mass is 32.2. The van der Waals surface area contributed by atoms with Gasteiger partial charge in [-0.3, -0.25) is 4.79 Å². The topological polar surface area (TPSA) is 104 Å². The quantitative estimate of drug-likeness (QED) is 0.703. The van der Waals surface area contributed by atoms with E-state index in [1.165, 1.54) is 28.6 Å². The van der Waals surface area contributed by atoms with Gasteiger partial charge in [0, 0.05) is 18.7 Å². The fourth-order valence-corrected chi connectivity index (χ4v) is 4.63. The Balaban J connectivity index is 2.09. The fraction of sp³-hybridized carbons (Fsp3) is 0.579. The van der Waals surface area contributed by atoms with Crippen molar-refractivity contribution in [1.29, 1.82) is 0 Å². The number of aliphatic carboxylic acids is 1. The van der Waals surface area contributed by atoms with Crippen LogP contribution in [-0.2, 0) is 14.8 Å². The molecule has 2 N–H and O–H groups in total. The van der Waals surface area contributed by atoms with E-state index in [4.69, 9.17) is 0 Å². The molecule has 1 unspecified atom stereocenters. The Labute approximate surface area is 160 Å². The highest BCUT2D eigenvalue weighted by Gasteiger charge is 2.25. The van der Waals surface area contributed by atoms with Crippen LogP contribution in [0.2, 0.25) is 0 Å². The molecule has 0 saturated carbocycles. The summed E-state index contributed by atoms with van der Waals surface area (Å²) in [4.78, 5) is 23.7. The first kappa shape index (κ1) is 21.4. The third kappa shape index (κ3) is 5.77. The van der Waals surface area contributed by atoms with Gasteiger partial charge in [-0.1, -0.05) is 32.6 Å². The molecule has 27 heavy (non-hydrogen) atoms. The van der Waals surface area contributed by atoms with Gasteiger partial charge in [-0.25, -0.2) is 13.2 Å². The van der Waals surface area contributed by atoms with Gasteiger partial charge in [-0.05, 0) is 43.5 Å². The van der Waals surface area contributed by atoms with Crippen LogP contribution in [0.1, 0.15) is 62.2 Å². The van der Waals surface area contributed by atoms with Gasteiger partial charge in [0.25, 0.3) is 5.91 Å². The second-order valence-electron chi connectivity index (χ2n) is 6.85. The molecule has 1 aromatic rings. The summed E-state index contributed by atoms with van der Waals surface area (Å²) in [5.41, 5.74) is 0.243. The van der Waals surface area contributed by atoms with Gasteiger partial charge in [0.1, 0.15) is 6.04 Å². The predicted octanol–water partition coefficient (Wildman–Crippen LogP) is 2.62. The van der Waals surface area contributed by atoms with Crippen LogP contribution in [0.3, 0.4) is 0 Å². The zero-order valence-corrected chi connectivity index (χ0v) is 16.5. The van der Waals surface area contributed by atoms with Crippen molar-refractivity contribution < 1.29 is 23.1 Å². The van der Waals surface area contributed by atoms with Crippen LogP contribution in [0.15, 0.2) is 29.2 Å². The summed E-state index contributed by atoms with van der Waals surface area (Å²) >= 11 is 0. The molecule has 1 aromatic carbocycles. The monoisotopic (exact) mass is 396 g/mol. The third-order valence-corrected chi connectivity index (χ3v) is 6.68. The Morgan fingerprint density at radius 1 is 1.11 bits per heavy atom. The van der Waals surface area contributed by atoms with E-state index in [-0.39, 0.29) is 10.5 Å². The minimum absolute atomic E-state index is 0.154. The number of carbonyl (C=O) groups excluding carboxylic acids is 1. The average Bonchev–Trinajstić information content (AvgIpc) is 2.95. The van der Waals surface area contributed by atoms with Crippen molar-refractivity contribution in [2.45, 2.75) is 62.8 Å². The van der Waals surface area contributed by atoms with Crippen LogP contribution in [0, 0.1) is 0 Å². The number of rotatable bonds is 8. The zero-order chi connectivity index (χ0) is 19.9. The number of hydrogen-bond acceptors (Lipinski definition) is 4. The van der Waals surface area contributed by atoms with E-state index >= 15 is 0 Å². The Bertz CT molecular complexity index is 738. The minimum Gasteiger partial charge on any atom is -0.480 e. The van der Waals surface area contributed by atoms with E-state index in [0.717, 1.165) is 32.1 Å². The van der Waals surface area contributed by atoms with E-state index in [9.17, 15) is 23.1 Å². The van der Waals surface area contributed by atoms with E-state index in [2.05, 4.69) is 5.32 Å². The second kappa shape index (κ2) is 9.85.